The molecule has 1 N–H and O–H groups in total. The van der Waals surface area contributed by atoms with Crippen LogP contribution >= 0.6 is 0 Å². The molecule has 0 aromatic heterocycles. The maximum absolute atomic E-state index is 10.8. The Balaban J connectivity index is 3.23. The number of rotatable bonds is 5. The van der Waals surface area contributed by atoms with Crippen molar-refractivity contribution in [3.05, 3.63) is 0 Å². The average molecular weight is 160 g/mol. The van der Waals surface area contributed by atoms with Crippen molar-refractivity contribution < 1.29 is 14.6 Å². The zero-order valence-corrected chi connectivity index (χ0v) is 7.17. The van der Waals surface area contributed by atoms with Crippen LogP contribution in [0.4, 0.5) is 0 Å². The van der Waals surface area contributed by atoms with Crippen LogP contribution in [0, 0.1) is 0 Å². The van der Waals surface area contributed by atoms with Gasteiger partial charge in [0.15, 0.2) is 0 Å². The second kappa shape index (κ2) is 6.16. The van der Waals surface area contributed by atoms with E-state index in [1.54, 1.807) is 6.92 Å². The predicted molar refractivity (Wildman–Crippen MR) is 42.2 cm³/mol. The summed E-state index contributed by atoms with van der Waals surface area (Å²) < 4.78 is 4.79. The van der Waals surface area contributed by atoms with Gasteiger partial charge in [-0.25, -0.2) is 0 Å². The molecule has 1 atom stereocenters. The number of aliphatic hydroxyl groups is 1. The molecule has 0 aliphatic rings. The van der Waals surface area contributed by atoms with Gasteiger partial charge in [-0.15, -0.1) is 0 Å². The van der Waals surface area contributed by atoms with Gasteiger partial charge in [0.1, 0.15) is 0 Å². The Bertz CT molecular complexity index is 110. The molecular formula is C8H16O3. The Labute approximate surface area is 67.4 Å². The van der Waals surface area contributed by atoms with Crippen LogP contribution in [0.2, 0.25) is 0 Å². The van der Waals surface area contributed by atoms with E-state index < -0.39 is 6.10 Å². The van der Waals surface area contributed by atoms with Crippen LogP contribution in [0.3, 0.4) is 0 Å². The van der Waals surface area contributed by atoms with Crippen LogP contribution in [-0.4, -0.2) is 23.8 Å². The summed E-state index contributed by atoms with van der Waals surface area (Å²) >= 11 is 0. The van der Waals surface area contributed by atoms with E-state index in [-0.39, 0.29) is 5.97 Å². The summed E-state index contributed by atoms with van der Waals surface area (Å²) in [7, 11) is 0. The van der Waals surface area contributed by atoms with E-state index in [4.69, 9.17) is 9.84 Å². The van der Waals surface area contributed by atoms with Crippen LogP contribution < -0.4 is 0 Å². The van der Waals surface area contributed by atoms with Gasteiger partial charge in [0, 0.05) is 6.42 Å². The molecule has 3 nitrogen and oxygen atoms in total. The number of hydrogen-bond donors (Lipinski definition) is 1. The quantitative estimate of drug-likeness (QED) is 0.612. The molecule has 0 amide bonds. The first kappa shape index (κ1) is 10.4. The molecule has 0 fully saturated rings. The van der Waals surface area contributed by atoms with E-state index in [2.05, 4.69) is 0 Å². The van der Waals surface area contributed by atoms with Crippen LogP contribution in [-0.2, 0) is 9.53 Å². The van der Waals surface area contributed by atoms with Gasteiger partial charge in [-0.1, -0.05) is 6.92 Å². The molecule has 0 radical (unpaired) electrons. The minimum absolute atomic E-state index is 0.215. The van der Waals surface area contributed by atoms with Crippen molar-refractivity contribution >= 4 is 5.97 Å². The summed E-state index contributed by atoms with van der Waals surface area (Å²) in [6.07, 6.45) is 1.24. The van der Waals surface area contributed by atoms with Crippen molar-refractivity contribution in [1.82, 2.24) is 0 Å². The summed E-state index contributed by atoms with van der Waals surface area (Å²) in [5.41, 5.74) is 0. The first-order valence-electron chi connectivity index (χ1n) is 4.00. The summed E-state index contributed by atoms with van der Waals surface area (Å²) in [6, 6.07) is 0. The van der Waals surface area contributed by atoms with Crippen molar-refractivity contribution in [1.29, 1.82) is 0 Å². The second-order valence-corrected chi connectivity index (χ2v) is 2.61. The van der Waals surface area contributed by atoms with Gasteiger partial charge < -0.3 is 9.84 Å². The third-order valence-electron chi connectivity index (χ3n) is 1.23. The smallest absolute Gasteiger partial charge is 0.305 e. The van der Waals surface area contributed by atoms with Gasteiger partial charge in [-0.2, -0.15) is 0 Å². The zero-order valence-electron chi connectivity index (χ0n) is 7.17. The lowest BCUT2D eigenvalue weighted by atomic mass is 10.2. The van der Waals surface area contributed by atoms with E-state index in [0.29, 0.717) is 19.4 Å². The highest BCUT2D eigenvalue weighted by molar-refractivity contribution is 5.69. The Morgan fingerprint density at radius 3 is 2.73 bits per heavy atom. The molecule has 0 bridgehead atoms. The molecule has 11 heavy (non-hydrogen) atoms. The summed E-state index contributed by atoms with van der Waals surface area (Å²) in [4.78, 5) is 10.8. The highest BCUT2D eigenvalue weighted by Crippen LogP contribution is 1.97. The fraction of sp³-hybridized carbons (Fsp3) is 0.875. The van der Waals surface area contributed by atoms with Crippen molar-refractivity contribution in [2.24, 2.45) is 0 Å². The molecule has 0 rings (SSSR count). The highest BCUT2D eigenvalue weighted by atomic mass is 16.5. The fourth-order valence-corrected chi connectivity index (χ4v) is 0.615. The second-order valence-electron chi connectivity index (χ2n) is 2.61. The average Bonchev–Trinajstić information content (AvgIpc) is 1.97. The van der Waals surface area contributed by atoms with Gasteiger partial charge in [-0.05, 0) is 19.8 Å². The lowest BCUT2D eigenvalue weighted by molar-refractivity contribution is -0.144. The molecule has 0 heterocycles. The third-order valence-corrected chi connectivity index (χ3v) is 1.23. The Kier molecular flexibility index (Phi) is 5.84. The summed E-state index contributed by atoms with van der Waals surface area (Å²) in [5, 5.41) is 8.82. The van der Waals surface area contributed by atoms with Gasteiger partial charge in [0.05, 0.1) is 12.7 Å². The number of ether oxygens (including phenoxy) is 1. The lowest BCUT2D eigenvalue weighted by Gasteiger charge is -2.03. The fourth-order valence-electron chi connectivity index (χ4n) is 0.615. The predicted octanol–water partition coefficient (Wildman–Crippen LogP) is 1.10. The maximum Gasteiger partial charge on any atom is 0.305 e. The van der Waals surface area contributed by atoms with Gasteiger partial charge in [0.25, 0.3) is 0 Å². The normalized spacial score (nSPS) is 12.6. The molecule has 0 aromatic rings. The Morgan fingerprint density at radius 2 is 2.27 bits per heavy atom. The number of hydrogen-bond acceptors (Lipinski definition) is 3. The van der Waals surface area contributed by atoms with Crippen molar-refractivity contribution in [2.75, 3.05) is 6.61 Å². The van der Waals surface area contributed by atoms with E-state index in [1.165, 1.54) is 0 Å². The van der Waals surface area contributed by atoms with Crippen molar-refractivity contribution in [3.63, 3.8) is 0 Å². The topological polar surface area (TPSA) is 46.5 Å². The Morgan fingerprint density at radius 1 is 1.64 bits per heavy atom. The maximum atomic E-state index is 10.8. The molecule has 0 aliphatic carbocycles. The van der Waals surface area contributed by atoms with Crippen LogP contribution in [0.25, 0.3) is 0 Å². The van der Waals surface area contributed by atoms with E-state index in [9.17, 15) is 4.79 Å². The first-order valence-corrected chi connectivity index (χ1v) is 4.00. The van der Waals surface area contributed by atoms with Crippen molar-refractivity contribution in [2.45, 2.75) is 39.2 Å². The van der Waals surface area contributed by atoms with E-state index in [1.807, 2.05) is 6.92 Å². The molecule has 1 unspecified atom stereocenters. The van der Waals surface area contributed by atoms with Crippen LogP contribution in [0.15, 0.2) is 0 Å². The molecule has 0 saturated carbocycles. The van der Waals surface area contributed by atoms with E-state index in [0.717, 1.165) is 6.42 Å². The number of aliphatic hydroxyl groups excluding tert-OH is 1. The molecule has 0 saturated heterocycles. The largest absolute Gasteiger partial charge is 0.466 e. The summed E-state index contributed by atoms with van der Waals surface area (Å²) in [5.74, 6) is -0.215. The van der Waals surface area contributed by atoms with Gasteiger partial charge in [0.2, 0.25) is 0 Å². The van der Waals surface area contributed by atoms with Crippen LogP contribution in [0.5, 0.6) is 0 Å². The lowest BCUT2D eigenvalue weighted by Crippen LogP contribution is -2.09. The molecular weight excluding hydrogens is 144 g/mol. The number of carbonyl (C=O) groups excluding carboxylic acids is 1. The summed E-state index contributed by atoms with van der Waals surface area (Å²) in [6.45, 7) is 4.09. The van der Waals surface area contributed by atoms with Gasteiger partial charge in [-0.3, -0.25) is 4.79 Å². The van der Waals surface area contributed by atoms with Crippen LogP contribution in [0.1, 0.15) is 33.1 Å². The molecule has 0 spiro atoms. The molecule has 3 heteroatoms. The Hall–Kier alpha value is -0.570. The number of esters is 1. The minimum Gasteiger partial charge on any atom is -0.466 e. The van der Waals surface area contributed by atoms with Gasteiger partial charge >= 0.3 is 5.97 Å². The standard InChI is InChI=1S/C8H16O3/c1-3-6-11-8(10)5-4-7(2)9/h7,9H,3-6H2,1-2H3. The molecule has 0 aromatic carbocycles. The zero-order chi connectivity index (χ0) is 8.69. The SMILES string of the molecule is CCCOC(=O)CCC(C)O. The van der Waals surface area contributed by atoms with Crippen molar-refractivity contribution in [3.8, 4) is 0 Å². The first-order chi connectivity index (χ1) is 5.16. The molecule has 0 aliphatic heterocycles. The number of carbonyl (C=O) groups is 1. The minimum atomic E-state index is -0.413. The van der Waals surface area contributed by atoms with E-state index >= 15 is 0 Å². The monoisotopic (exact) mass is 160 g/mol. The third kappa shape index (κ3) is 7.33. The molecule has 66 valence electrons. The highest BCUT2D eigenvalue weighted by Gasteiger charge is 2.03.